The third-order valence-corrected chi connectivity index (χ3v) is 2.29. The number of carbonyl (C=O) groups excluding carboxylic acids is 1. The first kappa shape index (κ1) is 11.3. The zero-order valence-electron chi connectivity index (χ0n) is 9.34. The molecule has 0 aliphatic heterocycles. The summed E-state index contributed by atoms with van der Waals surface area (Å²) in [6, 6.07) is 11.0. The Hall–Kier alpha value is -2.23. The van der Waals surface area contributed by atoms with Gasteiger partial charge in [-0.25, -0.2) is 0 Å². The van der Waals surface area contributed by atoms with Crippen LogP contribution < -0.4 is 5.32 Å². The second-order valence-corrected chi connectivity index (χ2v) is 3.54. The fourth-order valence-electron chi connectivity index (χ4n) is 1.44. The minimum Gasteiger partial charge on any atom is -0.350 e. The lowest BCUT2D eigenvalue weighted by atomic mass is 10.2. The quantitative estimate of drug-likeness (QED) is 0.860. The van der Waals surface area contributed by atoms with Crippen LogP contribution in [0.15, 0.2) is 48.8 Å². The normalized spacial score (nSPS) is 9.88. The molecule has 2 rings (SSSR count). The minimum atomic E-state index is -0.151. The Balaban J connectivity index is 1.82. The predicted molar refractivity (Wildman–Crippen MR) is 64.5 cm³/mol. The van der Waals surface area contributed by atoms with Gasteiger partial charge in [-0.1, -0.05) is 12.1 Å². The van der Waals surface area contributed by atoms with Gasteiger partial charge in [0.05, 0.1) is 0 Å². The van der Waals surface area contributed by atoms with E-state index in [0.29, 0.717) is 12.2 Å². The van der Waals surface area contributed by atoms with E-state index in [2.05, 4.69) is 15.3 Å². The molecule has 2 heterocycles. The molecule has 0 bridgehead atoms. The molecule has 2 aromatic rings. The largest absolute Gasteiger partial charge is 0.350 e. The molecule has 4 nitrogen and oxygen atoms in total. The lowest BCUT2D eigenvalue weighted by molar-refractivity contribution is 0.0949. The summed E-state index contributed by atoms with van der Waals surface area (Å²) in [7, 11) is 0. The van der Waals surface area contributed by atoms with E-state index in [-0.39, 0.29) is 5.91 Å². The van der Waals surface area contributed by atoms with Gasteiger partial charge in [0.15, 0.2) is 0 Å². The SMILES string of the molecule is O=C(NCCc1ccccn1)c1ccccn1. The van der Waals surface area contributed by atoms with E-state index < -0.39 is 0 Å². The molecule has 0 unspecified atom stereocenters. The molecule has 0 aliphatic carbocycles. The summed E-state index contributed by atoms with van der Waals surface area (Å²) < 4.78 is 0. The number of rotatable bonds is 4. The molecule has 4 heteroatoms. The van der Waals surface area contributed by atoms with Crippen molar-refractivity contribution in [2.75, 3.05) is 6.54 Å². The Morgan fingerprint density at radius 1 is 1.06 bits per heavy atom. The maximum absolute atomic E-state index is 11.6. The molecular formula is C13H13N3O. The second-order valence-electron chi connectivity index (χ2n) is 3.54. The van der Waals surface area contributed by atoms with Crippen molar-refractivity contribution in [2.24, 2.45) is 0 Å². The monoisotopic (exact) mass is 227 g/mol. The van der Waals surface area contributed by atoms with Crippen molar-refractivity contribution in [1.82, 2.24) is 15.3 Å². The highest BCUT2D eigenvalue weighted by Gasteiger charge is 2.04. The first-order valence-corrected chi connectivity index (χ1v) is 5.45. The summed E-state index contributed by atoms with van der Waals surface area (Å²) in [5.41, 5.74) is 1.40. The molecule has 0 saturated carbocycles. The number of hydrogen-bond acceptors (Lipinski definition) is 3. The maximum Gasteiger partial charge on any atom is 0.269 e. The first-order chi connectivity index (χ1) is 8.36. The highest BCUT2D eigenvalue weighted by Crippen LogP contribution is 1.95. The van der Waals surface area contributed by atoms with Crippen LogP contribution in [0.5, 0.6) is 0 Å². The first-order valence-electron chi connectivity index (χ1n) is 5.45. The van der Waals surface area contributed by atoms with E-state index in [9.17, 15) is 4.79 Å². The summed E-state index contributed by atoms with van der Waals surface area (Å²) in [6.07, 6.45) is 4.07. The zero-order valence-corrected chi connectivity index (χ0v) is 9.34. The van der Waals surface area contributed by atoms with Gasteiger partial charge in [-0.3, -0.25) is 14.8 Å². The minimum absolute atomic E-state index is 0.151. The van der Waals surface area contributed by atoms with E-state index in [0.717, 1.165) is 12.1 Å². The fourth-order valence-corrected chi connectivity index (χ4v) is 1.44. The van der Waals surface area contributed by atoms with E-state index in [4.69, 9.17) is 0 Å². The highest BCUT2D eigenvalue weighted by atomic mass is 16.1. The van der Waals surface area contributed by atoms with Crippen LogP contribution in [0.4, 0.5) is 0 Å². The molecule has 2 aromatic heterocycles. The summed E-state index contributed by atoms with van der Waals surface area (Å²) in [5.74, 6) is -0.151. The van der Waals surface area contributed by atoms with Gasteiger partial charge in [0.2, 0.25) is 0 Å². The van der Waals surface area contributed by atoms with E-state index >= 15 is 0 Å². The van der Waals surface area contributed by atoms with Crippen LogP contribution in [0, 0.1) is 0 Å². The summed E-state index contributed by atoms with van der Waals surface area (Å²) in [5, 5.41) is 2.81. The highest BCUT2D eigenvalue weighted by molar-refractivity contribution is 5.92. The Labute approximate surface area is 99.7 Å². The maximum atomic E-state index is 11.6. The molecule has 0 spiro atoms. The van der Waals surface area contributed by atoms with Crippen LogP contribution in [0.25, 0.3) is 0 Å². The van der Waals surface area contributed by atoms with Crippen molar-refractivity contribution in [2.45, 2.75) is 6.42 Å². The van der Waals surface area contributed by atoms with Gasteiger partial charge in [0.1, 0.15) is 5.69 Å². The van der Waals surface area contributed by atoms with Gasteiger partial charge in [-0.05, 0) is 24.3 Å². The number of aromatic nitrogens is 2. The van der Waals surface area contributed by atoms with Crippen molar-refractivity contribution in [1.29, 1.82) is 0 Å². The molecule has 0 saturated heterocycles. The third-order valence-electron chi connectivity index (χ3n) is 2.29. The lowest BCUT2D eigenvalue weighted by Gasteiger charge is -2.03. The molecule has 1 amide bonds. The van der Waals surface area contributed by atoms with Crippen LogP contribution in [0.1, 0.15) is 16.2 Å². The number of nitrogens with one attached hydrogen (secondary N) is 1. The standard InChI is InChI=1S/C13H13N3O/c17-13(12-6-2-4-9-15-12)16-10-7-11-5-1-3-8-14-11/h1-6,8-9H,7,10H2,(H,16,17). The number of nitrogens with zero attached hydrogens (tertiary/aromatic N) is 2. The van der Waals surface area contributed by atoms with Gasteiger partial charge in [-0.2, -0.15) is 0 Å². The number of carbonyl (C=O) groups is 1. The predicted octanol–water partition coefficient (Wildman–Crippen LogP) is 1.45. The van der Waals surface area contributed by atoms with Gasteiger partial charge < -0.3 is 5.32 Å². The van der Waals surface area contributed by atoms with E-state index in [1.165, 1.54) is 0 Å². The fraction of sp³-hybridized carbons (Fsp3) is 0.154. The molecule has 0 aromatic carbocycles. The summed E-state index contributed by atoms with van der Waals surface area (Å²) in [4.78, 5) is 19.8. The molecule has 1 N–H and O–H groups in total. The van der Waals surface area contributed by atoms with Crippen molar-refractivity contribution in [3.05, 3.63) is 60.2 Å². The smallest absolute Gasteiger partial charge is 0.269 e. The van der Waals surface area contributed by atoms with Crippen LogP contribution in [0.2, 0.25) is 0 Å². The Morgan fingerprint density at radius 2 is 1.82 bits per heavy atom. The van der Waals surface area contributed by atoms with Crippen molar-refractivity contribution in [3.8, 4) is 0 Å². The van der Waals surface area contributed by atoms with E-state index in [1.807, 2.05) is 18.2 Å². The molecule has 0 atom stereocenters. The van der Waals surface area contributed by atoms with Crippen molar-refractivity contribution < 1.29 is 4.79 Å². The summed E-state index contributed by atoms with van der Waals surface area (Å²) >= 11 is 0. The van der Waals surface area contributed by atoms with Gasteiger partial charge in [0, 0.05) is 31.1 Å². The zero-order chi connectivity index (χ0) is 11.9. The van der Waals surface area contributed by atoms with E-state index in [1.54, 1.807) is 30.6 Å². The average Bonchev–Trinajstić information content (AvgIpc) is 2.41. The van der Waals surface area contributed by atoms with Gasteiger partial charge in [0.25, 0.3) is 5.91 Å². The lowest BCUT2D eigenvalue weighted by Crippen LogP contribution is -2.26. The summed E-state index contributed by atoms with van der Waals surface area (Å²) in [6.45, 7) is 0.562. The number of hydrogen-bond donors (Lipinski definition) is 1. The van der Waals surface area contributed by atoms with Gasteiger partial charge in [-0.15, -0.1) is 0 Å². The molecule has 0 fully saturated rings. The Kier molecular flexibility index (Phi) is 3.81. The molecule has 0 aliphatic rings. The van der Waals surface area contributed by atoms with Crippen LogP contribution >= 0.6 is 0 Å². The number of amides is 1. The molecule has 86 valence electrons. The van der Waals surface area contributed by atoms with Crippen LogP contribution in [0.3, 0.4) is 0 Å². The molecule has 17 heavy (non-hydrogen) atoms. The van der Waals surface area contributed by atoms with Crippen LogP contribution in [-0.4, -0.2) is 22.4 Å². The van der Waals surface area contributed by atoms with Crippen molar-refractivity contribution in [3.63, 3.8) is 0 Å². The molecule has 0 radical (unpaired) electrons. The average molecular weight is 227 g/mol. The van der Waals surface area contributed by atoms with Crippen molar-refractivity contribution >= 4 is 5.91 Å². The third kappa shape index (κ3) is 3.38. The Morgan fingerprint density at radius 3 is 2.47 bits per heavy atom. The Bertz CT molecular complexity index is 471. The topological polar surface area (TPSA) is 54.9 Å². The number of pyridine rings is 2. The van der Waals surface area contributed by atoms with Gasteiger partial charge >= 0.3 is 0 Å². The second kappa shape index (κ2) is 5.75. The van der Waals surface area contributed by atoms with Crippen LogP contribution in [-0.2, 0) is 6.42 Å². The molecular weight excluding hydrogens is 214 g/mol.